The van der Waals surface area contributed by atoms with Crippen LogP contribution in [0, 0.1) is 0 Å². The van der Waals surface area contributed by atoms with Crippen LogP contribution in [0.4, 0.5) is 26.3 Å². The maximum absolute atomic E-state index is 13.4. The summed E-state index contributed by atoms with van der Waals surface area (Å²) in [5.41, 5.74) is -3.06. The number of alkyl halides is 6. The van der Waals surface area contributed by atoms with Crippen molar-refractivity contribution in [3.63, 3.8) is 0 Å². The van der Waals surface area contributed by atoms with Crippen LogP contribution in [0.1, 0.15) is 37.5 Å². The Morgan fingerprint density at radius 3 is 2.04 bits per heavy atom. The summed E-state index contributed by atoms with van der Waals surface area (Å²) in [6.45, 7) is -0.652. The summed E-state index contributed by atoms with van der Waals surface area (Å²) >= 11 is 5.56. The lowest BCUT2D eigenvalue weighted by Crippen LogP contribution is -2.28. The predicted molar refractivity (Wildman–Crippen MR) is 170 cm³/mol. The molecule has 50 heavy (non-hydrogen) atoms. The van der Waals surface area contributed by atoms with Crippen LogP contribution in [-0.2, 0) is 33.6 Å². The summed E-state index contributed by atoms with van der Waals surface area (Å²) in [6, 6.07) is 19.5. The molecule has 0 saturated heterocycles. The first-order valence-electron chi connectivity index (χ1n) is 14.0. The molecule has 5 aromatic rings. The highest BCUT2D eigenvalue weighted by molar-refractivity contribution is 7.90. The van der Waals surface area contributed by atoms with Gasteiger partial charge in [0.25, 0.3) is 5.91 Å². The number of rotatable bonds is 6. The van der Waals surface area contributed by atoms with Crippen LogP contribution in [-0.4, -0.2) is 53.7 Å². The zero-order valence-corrected chi connectivity index (χ0v) is 27.3. The largest absolute Gasteiger partial charge is 0.416 e. The van der Waals surface area contributed by atoms with Crippen LogP contribution in [0.3, 0.4) is 0 Å². The normalized spacial score (nSPS) is 11.8. The monoisotopic (exact) mass is 739 g/mol. The summed E-state index contributed by atoms with van der Waals surface area (Å²) < 4.78 is 104. The number of benzene rings is 4. The van der Waals surface area contributed by atoms with Crippen molar-refractivity contribution in [1.29, 1.82) is 0 Å². The minimum absolute atomic E-state index is 0.00798. The molecule has 0 aliphatic rings. The highest BCUT2D eigenvalue weighted by Crippen LogP contribution is 2.37. The Balaban J connectivity index is 0.000000435. The van der Waals surface area contributed by atoms with Gasteiger partial charge in [-0.15, -0.1) is 0 Å². The summed E-state index contributed by atoms with van der Waals surface area (Å²) in [5, 5.41) is 9.41. The van der Waals surface area contributed by atoms with E-state index < -0.39 is 62.5 Å². The van der Waals surface area contributed by atoms with Gasteiger partial charge in [-0.05, 0) is 64.4 Å². The molecule has 0 atom stereocenters. The average molecular weight is 740 g/mol. The molecule has 0 spiro atoms. The van der Waals surface area contributed by atoms with Gasteiger partial charge in [0.1, 0.15) is 5.69 Å². The Labute approximate surface area is 285 Å². The highest BCUT2D eigenvalue weighted by atomic mass is 35.5. The van der Waals surface area contributed by atoms with Crippen molar-refractivity contribution in [2.45, 2.75) is 24.1 Å². The molecule has 0 unspecified atom stereocenters. The Hall–Kier alpha value is -5.06. The second-order valence-corrected chi connectivity index (χ2v) is 13.1. The molecule has 4 aromatic carbocycles. The summed E-state index contributed by atoms with van der Waals surface area (Å²) in [5.74, 6) is -1.75. The quantitative estimate of drug-likeness (QED) is 0.0804. The van der Waals surface area contributed by atoms with Gasteiger partial charge in [-0.2, -0.15) is 31.6 Å². The fourth-order valence-corrected chi connectivity index (χ4v) is 5.27. The van der Waals surface area contributed by atoms with Gasteiger partial charge < -0.3 is 4.90 Å². The number of carbonyl (C=O) groups is 2. The molecule has 0 aliphatic carbocycles. The molecular formula is C33H24ClF6N3O6S. The molecule has 0 radical (unpaired) electrons. The first kappa shape index (κ1) is 37.8. The molecule has 9 nitrogen and oxygen atoms in total. The van der Waals surface area contributed by atoms with Gasteiger partial charge in [-0.3, -0.25) is 9.68 Å². The van der Waals surface area contributed by atoms with Crippen molar-refractivity contribution in [3.05, 3.63) is 124 Å². The van der Waals surface area contributed by atoms with E-state index >= 15 is 0 Å². The molecule has 1 heterocycles. The first-order valence-corrected chi connectivity index (χ1v) is 16.3. The predicted octanol–water partition coefficient (Wildman–Crippen LogP) is 7.98. The van der Waals surface area contributed by atoms with Crippen LogP contribution in [0.25, 0.3) is 21.9 Å². The molecule has 0 fully saturated rings. The third kappa shape index (κ3) is 9.34. The zero-order chi connectivity index (χ0) is 37.0. The van der Waals surface area contributed by atoms with Crippen LogP contribution in [0.5, 0.6) is 0 Å². The molecule has 1 amide bonds. The minimum atomic E-state index is -5.06. The molecule has 1 N–H and O–H groups in total. The molecule has 0 aliphatic heterocycles. The van der Waals surface area contributed by atoms with E-state index in [1.165, 1.54) is 12.1 Å². The van der Waals surface area contributed by atoms with Crippen molar-refractivity contribution in [1.82, 2.24) is 14.9 Å². The third-order valence-corrected chi connectivity index (χ3v) is 8.01. The number of sulfone groups is 1. The van der Waals surface area contributed by atoms with E-state index in [-0.39, 0.29) is 22.9 Å². The summed E-state index contributed by atoms with van der Waals surface area (Å²) in [4.78, 5) is 36.2. The maximum Gasteiger partial charge on any atom is 0.416 e. The van der Waals surface area contributed by atoms with Crippen molar-refractivity contribution in [3.8, 4) is 11.1 Å². The van der Waals surface area contributed by atoms with Gasteiger partial charge in [-0.1, -0.05) is 54.1 Å². The van der Waals surface area contributed by atoms with Crippen LogP contribution >= 0.6 is 11.6 Å². The Morgan fingerprint density at radius 2 is 1.48 bits per heavy atom. The summed E-state index contributed by atoms with van der Waals surface area (Å²) in [6.07, 6.45) is -8.14. The molecule has 5 rings (SSSR count). The number of amides is 1. The van der Waals surface area contributed by atoms with Gasteiger partial charge in [0.05, 0.1) is 16.7 Å². The first-order chi connectivity index (χ1) is 23.3. The number of halogens is 7. The summed E-state index contributed by atoms with van der Waals surface area (Å²) in [7, 11) is -2.81. The van der Waals surface area contributed by atoms with Gasteiger partial charge in [-0.25, -0.2) is 23.2 Å². The second kappa shape index (κ2) is 14.8. The van der Waals surface area contributed by atoms with E-state index in [2.05, 4.69) is 14.9 Å². The molecular weight excluding hydrogens is 716 g/mol. The van der Waals surface area contributed by atoms with E-state index in [0.29, 0.717) is 22.7 Å². The van der Waals surface area contributed by atoms with E-state index in [9.17, 15) is 44.3 Å². The smallest absolute Gasteiger partial charge is 0.336 e. The van der Waals surface area contributed by atoms with Gasteiger partial charge in [0.15, 0.2) is 0 Å². The van der Waals surface area contributed by atoms with Crippen molar-refractivity contribution >= 4 is 44.1 Å². The van der Waals surface area contributed by atoms with Crippen LogP contribution in [0.2, 0.25) is 5.02 Å². The average Bonchev–Trinajstić information content (AvgIpc) is 3.06. The number of fused-ring (bicyclic) bond motifs is 1. The second-order valence-electron chi connectivity index (χ2n) is 10.7. The third-order valence-electron chi connectivity index (χ3n) is 6.92. The standard InChI is InChI=1S/C26H19F6N3O3S.C7H5ClO3/c1-35(14-15-9-19(25(27,28)29)12-20(10-15)26(30,31)32)23(36)22-21(13-33-24(34-22)39(2,37)38)18-8-7-16-5-3-4-6-17(16)11-18;8-6-3-1-2-5(4-6)7(9)11-10/h3-13H,14H2,1-2H3;1-4,10H. The zero-order valence-electron chi connectivity index (χ0n) is 25.8. The molecule has 17 heteroatoms. The Morgan fingerprint density at radius 1 is 0.860 bits per heavy atom. The van der Waals surface area contributed by atoms with E-state index in [1.807, 2.05) is 18.2 Å². The lowest BCUT2D eigenvalue weighted by molar-refractivity contribution is -0.182. The number of carbonyl (C=O) groups excluding carboxylic acids is 2. The van der Waals surface area contributed by atoms with Gasteiger partial charge in [0, 0.05) is 36.6 Å². The highest BCUT2D eigenvalue weighted by Gasteiger charge is 2.37. The number of aromatic nitrogens is 2. The number of nitrogens with zero attached hydrogens (tertiary/aromatic N) is 3. The SMILES string of the molecule is CN(Cc1cc(C(F)(F)F)cc(C(F)(F)F)c1)C(=O)c1nc(S(C)(=O)=O)ncc1-c1ccc2ccccc2c1.O=C(OO)c1cccc(Cl)c1. The molecule has 0 saturated carbocycles. The maximum atomic E-state index is 13.4. The fraction of sp³-hybridized carbons (Fsp3) is 0.152. The van der Waals surface area contributed by atoms with Crippen molar-refractivity contribution in [2.75, 3.05) is 13.3 Å². The van der Waals surface area contributed by atoms with Crippen molar-refractivity contribution < 1.29 is 54.5 Å². The molecule has 1 aromatic heterocycles. The number of hydrogen-bond donors (Lipinski definition) is 1. The minimum Gasteiger partial charge on any atom is -0.336 e. The van der Waals surface area contributed by atoms with Gasteiger partial charge in [0.2, 0.25) is 15.0 Å². The fourth-order valence-electron chi connectivity index (χ4n) is 4.58. The Kier molecular flexibility index (Phi) is 11.2. The van der Waals surface area contributed by atoms with Crippen molar-refractivity contribution in [2.24, 2.45) is 0 Å². The van der Waals surface area contributed by atoms with Gasteiger partial charge >= 0.3 is 18.3 Å². The topological polar surface area (TPSA) is 127 Å². The lowest BCUT2D eigenvalue weighted by Gasteiger charge is -2.21. The lowest BCUT2D eigenvalue weighted by atomic mass is 10.0. The van der Waals surface area contributed by atoms with Crippen LogP contribution in [0.15, 0.2) is 96.3 Å². The Bertz CT molecular complexity index is 2150. The van der Waals surface area contributed by atoms with E-state index in [0.717, 1.165) is 35.2 Å². The molecule has 0 bridgehead atoms. The van der Waals surface area contributed by atoms with Crippen LogP contribution < -0.4 is 0 Å². The van der Waals surface area contributed by atoms with E-state index in [1.54, 1.807) is 36.4 Å². The number of hydrogen-bond acceptors (Lipinski definition) is 8. The molecule has 262 valence electrons. The van der Waals surface area contributed by atoms with E-state index in [4.69, 9.17) is 16.9 Å².